The van der Waals surface area contributed by atoms with Crippen LogP contribution < -0.4 is 0 Å². The second-order valence-electron chi connectivity index (χ2n) is 8.68. The summed E-state index contributed by atoms with van der Waals surface area (Å²) in [5, 5.41) is 0. The lowest BCUT2D eigenvalue weighted by Crippen LogP contribution is -2.43. The van der Waals surface area contributed by atoms with Gasteiger partial charge >= 0.3 is 23.9 Å². The predicted octanol–water partition coefficient (Wildman–Crippen LogP) is 4.44. The smallest absolute Gasteiger partial charge is 0.313 e. The van der Waals surface area contributed by atoms with Gasteiger partial charge in [0.05, 0.1) is 23.2 Å². The van der Waals surface area contributed by atoms with E-state index in [1.54, 1.807) is 6.92 Å². The van der Waals surface area contributed by atoms with Crippen LogP contribution in [0.5, 0.6) is 0 Å². The van der Waals surface area contributed by atoms with Crippen LogP contribution in [-0.4, -0.2) is 50.3 Å². The average Bonchev–Trinajstić information content (AvgIpc) is 2.92. The monoisotopic (exact) mass is 514 g/mol. The molecule has 4 unspecified atom stereocenters. The number of carbonyl (C=O) groups is 4. The van der Waals surface area contributed by atoms with Gasteiger partial charge < -0.3 is 18.9 Å². The molecule has 2 aliphatic carbocycles. The molecular formula is C29H38O8. The summed E-state index contributed by atoms with van der Waals surface area (Å²) in [6.45, 7) is 16.3. The van der Waals surface area contributed by atoms with Gasteiger partial charge in [-0.05, 0) is 32.6 Å². The minimum Gasteiger partial charge on any atom is -0.461 e. The van der Waals surface area contributed by atoms with Crippen molar-refractivity contribution >= 4 is 23.9 Å². The molecule has 0 N–H and O–H groups in total. The Morgan fingerprint density at radius 3 is 1.54 bits per heavy atom. The van der Waals surface area contributed by atoms with Crippen molar-refractivity contribution in [1.82, 2.24) is 0 Å². The van der Waals surface area contributed by atoms with Crippen LogP contribution in [-0.2, 0) is 38.1 Å². The Hall–Kier alpha value is -3.68. The van der Waals surface area contributed by atoms with Gasteiger partial charge in [-0.2, -0.15) is 0 Å². The summed E-state index contributed by atoms with van der Waals surface area (Å²) in [7, 11) is 0. The fraction of sp³-hybridized carbons (Fsp3) is 0.448. The number of carbonyl (C=O) groups excluding carboxylic acids is 4. The number of rotatable bonds is 12. The molecule has 0 aromatic heterocycles. The van der Waals surface area contributed by atoms with E-state index in [1.807, 2.05) is 24.3 Å². The van der Waals surface area contributed by atoms with Crippen LogP contribution in [0.3, 0.4) is 0 Å². The van der Waals surface area contributed by atoms with Crippen molar-refractivity contribution < 1.29 is 38.1 Å². The minimum atomic E-state index is -0.879. The van der Waals surface area contributed by atoms with Gasteiger partial charge in [0.1, 0.15) is 26.4 Å². The second-order valence-corrected chi connectivity index (χ2v) is 8.68. The van der Waals surface area contributed by atoms with Crippen molar-refractivity contribution in [2.75, 3.05) is 26.4 Å². The highest BCUT2D eigenvalue weighted by Gasteiger charge is 2.47. The molecule has 0 saturated heterocycles. The van der Waals surface area contributed by atoms with E-state index in [0.717, 1.165) is 0 Å². The minimum absolute atomic E-state index is 0.145. The first kappa shape index (κ1) is 31.4. The summed E-state index contributed by atoms with van der Waals surface area (Å²) in [6.07, 6.45) is 15.5. The highest BCUT2D eigenvalue weighted by molar-refractivity contribution is 5.86. The normalized spacial score (nSPS) is 23.8. The molecule has 0 amide bonds. The maximum Gasteiger partial charge on any atom is 0.313 e. The molecule has 0 spiro atoms. The molecule has 8 heteroatoms. The van der Waals surface area contributed by atoms with Gasteiger partial charge in [0.2, 0.25) is 0 Å². The van der Waals surface area contributed by atoms with E-state index >= 15 is 0 Å². The Balaban J connectivity index is 0.000000371. The molecule has 0 aromatic carbocycles. The highest BCUT2D eigenvalue weighted by Crippen LogP contribution is 2.40. The molecule has 2 aliphatic rings. The van der Waals surface area contributed by atoms with Crippen LogP contribution in [0, 0.1) is 23.2 Å². The molecule has 2 rings (SSSR count). The maximum atomic E-state index is 12.1. The SMILES string of the molecule is C=CCOC(=O)C1CC=CCC1(C)C(=O)OCC=C.C=CCOC(=O)C1CC=CCC1C(=O)OCC=C. The first-order valence-electron chi connectivity index (χ1n) is 12.2. The lowest BCUT2D eigenvalue weighted by atomic mass is 9.70. The van der Waals surface area contributed by atoms with Gasteiger partial charge in [0.25, 0.3) is 0 Å². The molecule has 0 aliphatic heterocycles. The Labute approximate surface area is 219 Å². The summed E-state index contributed by atoms with van der Waals surface area (Å²) >= 11 is 0. The zero-order valence-electron chi connectivity index (χ0n) is 21.6. The molecule has 0 heterocycles. The van der Waals surface area contributed by atoms with Crippen molar-refractivity contribution in [2.24, 2.45) is 23.2 Å². The van der Waals surface area contributed by atoms with Crippen LogP contribution >= 0.6 is 0 Å². The molecule has 202 valence electrons. The molecule has 37 heavy (non-hydrogen) atoms. The quantitative estimate of drug-likeness (QED) is 0.214. The Bertz CT molecular complexity index is 866. The van der Waals surface area contributed by atoms with Gasteiger partial charge in [-0.25, -0.2) is 0 Å². The molecule has 0 aromatic rings. The van der Waals surface area contributed by atoms with Crippen molar-refractivity contribution in [3.05, 3.63) is 74.9 Å². The van der Waals surface area contributed by atoms with Crippen LogP contribution in [0.25, 0.3) is 0 Å². The summed E-state index contributed by atoms with van der Waals surface area (Å²) < 4.78 is 20.2. The summed E-state index contributed by atoms with van der Waals surface area (Å²) in [5.74, 6) is -2.98. The van der Waals surface area contributed by atoms with Gasteiger partial charge in [-0.1, -0.05) is 74.9 Å². The topological polar surface area (TPSA) is 105 Å². The first-order chi connectivity index (χ1) is 17.8. The predicted molar refractivity (Wildman–Crippen MR) is 140 cm³/mol. The largest absolute Gasteiger partial charge is 0.461 e. The van der Waals surface area contributed by atoms with Gasteiger partial charge in [-0.3, -0.25) is 19.2 Å². The highest BCUT2D eigenvalue weighted by atomic mass is 16.5. The fourth-order valence-corrected chi connectivity index (χ4v) is 3.92. The third kappa shape index (κ3) is 9.71. The number of allylic oxidation sites excluding steroid dienone is 4. The number of hydrogen-bond acceptors (Lipinski definition) is 8. The van der Waals surface area contributed by atoms with E-state index in [9.17, 15) is 19.2 Å². The summed E-state index contributed by atoms with van der Waals surface area (Å²) in [4.78, 5) is 47.8. The number of ether oxygens (including phenoxy) is 4. The van der Waals surface area contributed by atoms with E-state index in [1.165, 1.54) is 24.3 Å². The molecule has 4 atom stereocenters. The van der Waals surface area contributed by atoms with Crippen LogP contribution in [0.15, 0.2) is 74.9 Å². The fourth-order valence-electron chi connectivity index (χ4n) is 3.92. The van der Waals surface area contributed by atoms with E-state index in [2.05, 4.69) is 26.3 Å². The molecule has 8 nitrogen and oxygen atoms in total. The van der Waals surface area contributed by atoms with E-state index < -0.39 is 29.1 Å². The van der Waals surface area contributed by atoms with Gasteiger partial charge in [0, 0.05) is 0 Å². The Morgan fingerprint density at radius 1 is 0.676 bits per heavy atom. The Kier molecular flexibility index (Phi) is 14.3. The van der Waals surface area contributed by atoms with Crippen molar-refractivity contribution in [3.8, 4) is 0 Å². The molecule has 0 saturated carbocycles. The number of esters is 4. The van der Waals surface area contributed by atoms with Gasteiger partial charge in [-0.15, -0.1) is 0 Å². The number of hydrogen-bond donors (Lipinski definition) is 0. The third-order valence-electron chi connectivity index (χ3n) is 6.00. The summed E-state index contributed by atoms with van der Waals surface area (Å²) in [6, 6.07) is 0. The van der Waals surface area contributed by atoms with Crippen molar-refractivity contribution in [1.29, 1.82) is 0 Å². The van der Waals surface area contributed by atoms with Crippen LogP contribution in [0.1, 0.15) is 32.6 Å². The Morgan fingerprint density at radius 2 is 1.08 bits per heavy atom. The van der Waals surface area contributed by atoms with Gasteiger partial charge in [0.15, 0.2) is 0 Å². The molecule has 0 radical (unpaired) electrons. The second kappa shape index (κ2) is 16.9. The standard InChI is InChI=1S/C15H20O4.C14H18O4/c1-4-10-18-13(16)12-8-6-7-9-15(12,3)14(17)19-11-5-2;1-3-9-17-13(15)11-7-5-6-8-12(11)14(16)18-10-4-2/h4-7,12H,1-2,8-11H2,3H3;3-6,11-12H,1-2,7-10H2. The lowest BCUT2D eigenvalue weighted by Gasteiger charge is -2.34. The van der Waals surface area contributed by atoms with Crippen molar-refractivity contribution in [2.45, 2.75) is 32.6 Å². The molecule has 0 fully saturated rings. The lowest BCUT2D eigenvalue weighted by molar-refractivity contribution is -0.167. The summed E-state index contributed by atoms with van der Waals surface area (Å²) in [5.41, 5.74) is -0.879. The van der Waals surface area contributed by atoms with E-state index in [-0.39, 0.29) is 44.3 Å². The third-order valence-corrected chi connectivity index (χ3v) is 6.00. The zero-order valence-corrected chi connectivity index (χ0v) is 21.6. The maximum absolute atomic E-state index is 12.1. The molecule has 0 bridgehead atoms. The van der Waals surface area contributed by atoms with Crippen molar-refractivity contribution in [3.63, 3.8) is 0 Å². The average molecular weight is 515 g/mol. The zero-order chi connectivity index (χ0) is 27.7. The first-order valence-corrected chi connectivity index (χ1v) is 12.2. The van der Waals surface area contributed by atoms with E-state index in [0.29, 0.717) is 25.7 Å². The van der Waals surface area contributed by atoms with Crippen LogP contribution in [0.4, 0.5) is 0 Å². The molecular weight excluding hydrogens is 476 g/mol. The van der Waals surface area contributed by atoms with E-state index in [4.69, 9.17) is 18.9 Å². The van der Waals surface area contributed by atoms with Crippen LogP contribution in [0.2, 0.25) is 0 Å².